The van der Waals surface area contributed by atoms with Crippen LogP contribution in [-0.2, 0) is 11.2 Å². The monoisotopic (exact) mass is 294 g/mol. The largest absolute Gasteiger partial charge is 0.381 e. The molecule has 1 heterocycles. The molecular weight excluding hydrogens is 268 g/mol. The van der Waals surface area contributed by atoms with Gasteiger partial charge in [-0.2, -0.15) is 0 Å². The number of nitrogens with one attached hydrogen (secondary N) is 2. The molecule has 0 fully saturated rings. The molecule has 0 unspecified atom stereocenters. The highest BCUT2D eigenvalue weighted by Crippen LogP contribution is 2.10. The van der Waals surface area contributed by atoms with Crippen LogP contribution in [0.2, 0.25) is 0 Å². The number of ether oxygens (including phenoxy) is 1. The highest BCUT2D eigenvalue weighted by Gasteiger charge is 2.08. The number of hydrogen-bond donors (Lipinski definition) is 3. The van der Waals surface area contributed by atoms with Gasteiger partial charge in [0.05, 0.1) is 0 Å². The molecule has 0 aliphatic carbocycles. The van der Waals surface area contributed by atoms with Gasteiger partial charge in [-0.05, 0) is 31.4 Å². The van der Waals surface area contributed by atoms with Gasteiger partial charge in [-0.15, -0.1) is 0 Å². The number of rotatable bonds is 10. The predicted octanol–water partition coefficient (Wildman–Crippen LogP) is 1.87. The van der Waals surface area contributed by atoms with Crippen molar-refractivity contribution in [3.8, 4) is 0 Å². The lowest BCUT2D eigenvalue weighted by Gasteiger charge is -2.09. The molecule has 0 saturated heterocycles. The Labute approximate surface area is 126 Å². The molecule has 0 spiro atoms. The number of carbonyl (C=O) groups is 1. The summed E-state index contributed by atoms with van der Waals surface area (Å²) in [6.07, 6.45) is 3.78. The summed E-state index contributed by atoms with van der Waals surface area (Å²) in [6, 6.07) is 3.43. The van der Waals surface area contributed by atoms with E-state index >= 15 is 0 Å². The fraction of sp³-hybridized carbons (Fsp3) is 0.600. The molecule has 118 valence electrons. The van der Waals surface area contributed by atoms with Crippen molar-refractivity contribution in [1.29, 1.82) is 0 Å². The van der Waals surface area contributed by atoms with Crippen LogP contribution >= 0.6 is 0 Å². The van der Waals surface area contributed by atoms with Crippen molar-refractivity contribution in [3.63, 3.8) is 0 Å². The third-order valence-corrected chi connectivity index (χ3v) is 3.04. The van der Waals surface area contributed by atoms with Gasteiger partial charge in [0.25, 0.3) is 5.91 Å². The Morgan fingerprint density at radius 2 is 2.05 bits per heavy atom. The number of nitrogen functional groups attached to an aromatic ring is 1. The van der Waals surface area contributed by atoms with Crippen LogP contribution < -0.4 is 16.6 Å². The number of amides is 1. The average molecular weight is 294 g/mol. The number of hydrazine groups is 1. The van der Waals surface area contributed by atoms with E-state index in [4.69, 9.17) is 10.6 Å². The van der Waals surface area contributed by atoms with Crippen LogP contribution in [0, 0.1) is 0 Å². The third kappa shape index (κ3) is 6.55. The average Bonchev–Trinajstić information content (AvgIpc) is 2.53. The summed E-state index contributed by atoms with van der Waals surface area (Å²) in [5.74, 6) is 5.75. The Kier molecular flexibility index (Phi) is 8.38. The minimum atomic E-state index is -0.114. The van der Waals surface area contributed by atoms with E-state index in [1.54, 1.807) is 12.1 Å². The number of carbonyl (C=O) groups excluding carboxylic acids is 1. The number of nitrogens with zero attached hydrogens (tertiary/aromatic N) is 1. The fourth-order valence-electron chi connectivity index (χ4n) is 1.80. The maximum absolute atomic E-state index is 12.1. The minimum absolute atomic E-state index is 0.114. The lowest BCUT2D eigenvalue weighted by Crippen LogP contribution is -2.26. The minimum Gasteiger partial charge on any atom is -0.381 e. The second-order valence-electron chi connectivity index (χ2n) is 4.81. The number of aromatic nitrogens is 1. The van der Waals surface area contributed by atoms with E-state index in [9.17, 15) is 4.79 Å². The summed E-state index contributed by atoms with van der Waals surface area (Å²) < 4.78 is 5.45. The molecule has 0 aromatic carbocycles. The molecule has 1 aromatic rings. The van der Waals surface area contributed by atoms with Gasteiger partial charge in [-0.25, -0.2) is 10.8 Å². The number of pyridine rings is 1. The Morgan fingerprint density at radius 1 is 1.29 bits per heavy atom. The zero-order valence-corrected chi connectivity index (χ0v) is 12.9. The maximum Gasteiger partial charge on any atom is 0.251 e. The van der Waals surface area contributed by atoms with Crippen molar-refractivity contribution in [2.24, 2.45) is 5.84 Å². The second kappa shape index (κ2) is 10.1. The van der Waals surface area contributed by atoms with Gasteiger partial charge in [-0.3, -0.25) is 4.79 Å². The quantitative estimate of drug-likeness (QED) is 0.348. The predicted molar refractivity (Wildman–Crippen MR) is 84.1 cm³/mol. The van der Waals surface area contributed by atoms with Crippen molar-refractivity contribution < 1.29 is 9.53 Å². The first-order valence-corrected chi connectivity index (χ1v) is 7.54. The van der Waals surface area contributed by atoms with E-state index in [0.29, 0.717) is 24.5 Å². The SMILES string of the molecule is CCCCOCCCNC(=O)c1cc(CC)nc(NN)c1. The van der Waals surface area contributed by atoms with Gasteiger partial charge in [-0.1, -0.05) is 20.3 Å². The molecule has 6 nitrogen and oxygen atoms in total. The summed E-state index contributed by atoms with van der Waals surface area (Å²) in [5.41, 5.74) is 3.88. The first-order chi connectivity index (χ1) is 10.2. The first-order valence-electron chi connectivity index (χ1n) is 7.54. The molecule has 1 amide bonds. The Hall–Kier alpha value is -1.66. The number of unbranched alkanes of at least 4 members (excludes halogenated alkanes) is 1. The van der Waals surface area contributed by atoms with Gasteiger partial charge in [0.1, 0.15) is 5.82 Å². The van der Waals surface area contributed by atoms with E-state index in [1.165, 1.54) is 0 Å². The molecule has 0 saturated carbocycles. The number of anilines is 1. The van der Waals surface area contributed by atoms with Crippen LogP contribution in [0.1, 0.15) is 49.2 Å². The van der Waals surface area contributed by atoms with E-state index < -0.39 is 0 Å². The molecule has 21 heavy (non-hydrogen) atoms. The van der Waals surface area contributed by atoms with Crippen molar-refractivity contribution in [2.45, 2.75) is 39.5 Å². The Bertz CT molecular complexity index is 415. The van der Waals surface area contributed by atoms with Gasteiger partial charge < -0.3 is 15.5 Å². The molecule has 0 atom stereocenters. The topological polar surface area (TPSA) is 89.3 Å². The van der Waals surface area contributed by atoms with E-state index in [2.05, 4.69) is 22.7 Å². The lowest BCUT2D eigenvalue weighted by molar-refractivity contribution is 0.0940. The highest BCUT2D eigenvalue weighted by atomic mass is 16.5. The third-order valence-electron chi connectivity index (χ3n) is 3.04. The Morgan fingerprint density at radius 3 is 2.71 bits per heavy atom. The fourth-order valence-corrected chi connectivity index (χ4v) is 1.80. The number of aryl methyl sites for hydroxylation is 1. The molecule has 0 aliphatic heterocycles. The molecule has 4 N–H and O–H groups in total. The summed E-state index contributed by atoms with van der Waals surface area (Å²) in [5, 5.41) is 2.88. The summed E-state index contributed by atoms with van der Waals surface area (Å²) in [7, 11) is 0. The van der Waals surface area contributed by atoms with Crippen LogP contribution in [0.5, 0.6) is 0 Å². The molecule has 6 heteroatoms. The smallest absolute Gasteiger partial charge is 0.251 e. The van der Waals surface area contributed by atoms with Crippen molar-refractivity contribution in [2.75, 3.05) is 25.2 Å². The van der Waals surface area contributed by atoms with Crippen molar-refractivity contribution in [1.82, 2.24) is 10.3 Å². The molecule has 1 aromatic heterocycles. The van der Waals surface area contributed by atoms with Gasteiger partial charge in [0, 0.05) is 31.0 Å². The van der Waals surface area contributed by atoms with Crippen LogP contribution in [0.4, 0.5) is 5.82 Å². The zero-order chi connectivity index (χ0) is 15.5. The van der Waals surface area contributed by atoms with Crippen molar-refractivity contribution in [3.05, 3.63) is 23.4 Å². The normalized spacial score (nSPS) is 10.4. The van der Waals surface area contributed by atoms with E-state index in [1.807, 2.05) is 6.92 Å². The van der Waals surface area contributed by atoms with Crippen LogP contribution in [0.15, 0.2) is 12.1 Å². The van der Waals surface area contributed by atoms with Crippen molar-refractivity contribution >= 4 is 11.7 Å². The van der Waals surface area contributed by atoms with Crippen LogP contribution in [-0.4, -0.2) is 30.6 Å². The van der Waals surface area contributed by atoms with Crippen LogP contribution in [0.25, 0.3) is 0 Å². The molecule has 0 bridgehead atoms. The molecule has 1 rings (SSSR count). The standard InChI is InChI=1S/C15H26N4O2/c1-3-5-8-21-9-6-7-17-15(20)12-10-13(4-2)18-14(11-12)19-16/h10-11H,3-9,16H2,1-2H3,(H,17,20)(H,18,19). The van der Waals surface area contributed by atoms with E-state index in [-0.39, 0.29) is 5.91 Å². The summed E-state index contributed by atoms with van der Waals surface area (Å²) in [4.78, 5) is 16.3. The molecule has 0 radical (unpaired) electrons. The second-order valence-corrected chi connectivity index (χ2v) is 4.81. The van der Waals surface area contributed by atoms with Gasteiger partial charge in [0.2, 0.25) is 0 Å². The van der Waals surface area contributed by atoms with Gasteiger partial charge >= 0.3 is 0 Å². The van der Waals surface area contributed by atoms with E-state index in [0.717, 1.165) is 38.0 Å². The Balaban J connectivity index is 2.38. The number of nitrogens with two attached hydrogens (primary N) is 1. The first kappa shape index (κ1) is 17.4. The maximum atomic E-state index is 12.1. The summed E-state index contributed by atoms with van der Waals surface area (Å²) in [6.45, 7) is 6.18. The zero-order valence-electron chi connectivity index (χ0n) is 12.9. The summed E-state index contributed by atoms with van der Waals surface area (Å²) >= 11 is 0. The molecule has 0 aliphatic rings. The van der Waals surface area contributed by atoms with Gasteiger partial charge in [0.15, 0.2) is 0 Å². The number of hydrogen-bond acceptors (Lipinski definition) is 5. The van der Waals surface area contributed by atoms with Crippen LogP contribution in [0.3, 0.4) is 0 Å². The highest BCUT2D eigenvalue weighted by molar-refractivity contribution is 5.94. The lowest BCUT2D eigenvalue weighted by atomic mass is 10.2. The molecular formula is C15H26N4O2.